The van der Waals surface area contributed by atoms with Gasteiger partial charge in [-0.2, -0.15) is 0 Å². The van der Waals surface area contributed by atoms with Crippen LogP contribution in [-0.2, 0) is 0 Å². The van der Waals surface area contributed by atoms with E-state index in [0.29, 0.717) is 11.4 Å². The summed E-state index contributed by atoms with van der Waals surface area (Å²) >= 11 is 1.41. The Kier molecular flexibility index (Phi) is 7.36. The molecule has 1 heterocycles. The third kappa shape index (κ3) is 5.12. The maximum absolute atomic E-state index is 12.9. The van der Waals surface area contributed by atoms with Gasteiger partial charge >= 0.3 is 0 Å². The highest BCUT2D eigenvalue weighted by Crippen LogP contribution is 2.28. The molecule has 0 aliphatic carbocycles. The van der Waals surface area contributed by atoms with E-state index in [1.54, 1.807) is 18.2 Å². The summed E-state index contributed by atoms with van der Waals surface area (Å²) in [5, 5.41) is 5.91. The molecule has 0 radical (unpaired) electrons. The Balaban J connectivity index is 0.00000220. The highest BCUT2D eigenvalue weighted by Gasteiger charge is 2.09. The maximum atomic E-state index is 12.9. The van der Waals surface area contributed by atoms with Gasteiger partial charge in [-0.25, -0.2) is 4.39 Å². The smallest absolute Gasteiger partial charge is 0.261 e. The molecule has 0 saturated carbocycles. The van der Waals surface area contributed by atoms with Gasteiger partial charge in [-0.15, -0.1) is 23.7 Å². The van der Waals surface area contributed by atoms with Crippen molar-refractivity contribution >= 4 is 29.7 Å². The van der Waals surface area contributed by atoms with Crippen molar-refractivity contribution < 1.29 is 9.18 Å². The van der Waals surface area contributed by atoms with Crippen LogP contribution in [0.15, 0.2) is 36.4 Å². The molecule has 0 fully saturated rings. The van der Waals surface area contributed by atoms with Gasteiger partial charge in [-0.3, -0.25) is 4.79 Å². The predicted molar refractivity (Wildman–Crippen MR) is 87.8 cm³/mol. The van der Waals surface area contributed by atoms with Crippen molar-refractivity contribution in [3.05, 3.63) is 47.1 Å². The zero-order valence-corrected chi connectivity index (χ0v) is 13.3. The minimum atomic E-state index is -0.257. The van der Waals surface area contributed by atoms with Gasteiger partial charge in [0.05, 0.1) is 4.88 Å². The lowest BCUT2D eigenvalue weighted by Crippen LogP contribution is -2.25. The van der Waals surface area contributed by atoms with Gasteiger partial charge in [0.25, 0.3) is 5.91 Å². The van der Waals surface area contributed by atoms with E-state index in [-0.39, 0.29) is 24.1 Å². The summed E-state index contributed by atoms with van der Waals surface area (Å²) in [7, 11) is 1.88. The normalized spacial score (nSPS) is 10.0. The van der Waals surface area contributed by atoms with Crippen molar-refractivity contribution in [2.24, 2.45) is 0 Å². The van der Waals surface area contributed by atoms with E-state index in [9.17, 15) is 9.18 Å². The molecule has 0 spiro atoms. The molecule has 1 aromatic heterocycles. The second-order valence-electron chi connectivity index (χ2n) is 4.38. The fourth-order valence-electron chi connectivity index (χ4n) is 1.78. The van der Waals surface area contributed by atoms with Crippen molar-refractivity contribution in [1.29, 1.82) is 0 Å². The van der Waals surface area contributed by atoms with Crippen LogP contribution in [0, 0.1) is 5.82 Å². The molecule has 21 heavy (non-hydrogen) atoms. The monoisotopic (exact) mass is 328 g/mol. The van der Waals surface area contributed by atoms with Crippen molar-refractivity contribution in [1.82, 2.24) is 10.6 Å². The number of benzene rings is 1. The van der Waals surface area contributed by atoms with E-state index >= 15 is 0 Å². The molecule has 114 valence electrons. The molecule has 6 heteroatoms. The van der Waals surface area contributed by atoms with Crippen molar-refractivity contribution in [2.45, 2.75) is 6.42 Å². The van der Waals surface area contributed by atoms with Crippen molar-refractivity contribution in [3.63, 3.8) is 0 Å². The number of carbonyl (C=O) groups excluding carboxylic acids is 1. The molecule has 0 unspecified atom stereocenters. The minimum absolute atomic E-state index is 0. The van der Waals surface area contributed by atoms with Gasteiger partial charge in [0.15, 0.2) is 0 Å². The lowest BCUT2D eigenvalue weighted by atomic mass is 10.2. The molecule has 2 aromatic rings. The van der Waals surface area contributed by atoms with Crippen LogP contribution >= 0.6 is 23.7 Å². The first kappa shape index (κ1) is 17.6. The largest absolute Gasteiger partial charge is 0.351 e. The zero-order valence-electron chi connectivity index (χ0n) is 11.7. The first-order chi connectivity index (χ1) is 9.70. The van der Waals surface area contributed by atoms with Crippen LogP contribution in [0.3, 0.4) is 0 Å². The fourth-order valence-corrected chi connectivity index (χ4v) is 2.71. The molecule has 1 amide bonds. The van der Waals surface area contributed by atoms with Gasteiger partial charge in [-0.1, -0.05) is 12.1 Å². The number of hydrogen-bond acceptors (Lipinski definition) is 3. The highest BCUT2D eigenvalue weighted by molar-refractivity contribution is 7.17. The molecule has 2 rings (SSSR count). The van der Waals surface area contributed by atoms with E-state index in [2.05, 4.69) is 10.6 Å². The molecule has 0 aliphatic rings. The number of amides is 1. The molecule has 0 saturated heterocycles. The molecular weight excluding hydrogens is 311 g/mol. The number of nitrogens with one attached hydrogen (secondary N) is 2. The highest BCUT2D eigenvalue weighted by atomic mass is 35.5. The molecule has 3 nitrogen and oxygen atoms in total. The average Bonchev–Trinajstić information content (AvgIpc) is 2.94. The van der Waals surface area contributed by atoms with E-state index in [4.69, 9.17) is 0 Å². The summed E-state index contributed by atoms with van der Waals surface area (Å²) < 4.78 is 12.9. The molecule has 2 N–H and O–H groups in total. The molecule has 0 bridgehead atoms. The Labute approximate surface area is 134 Å². The third-order valence-corrected chi connectivity index (χ3v) is 3.98. The van der Waals surface area contributed by atoms with Gasteiger partial charge in [0.2, 0.25) is 0 Å². The van der Waals surface area contributed by atoms with E-state index in [1.165, 1.54) is 23.5 Å². The second-order valence-corrected chi connectivity index (χ2v) is 5.47. The summed E-state index contributed by atoms with van der Waals surface area (Å²) in [5.74, 6) is -0.313. The topological polar surface area (TPSA) is 41.1 Å². The van der Waals surface area contributed by atoms with Crippen LogP contribution in [0.5, 0.6) is 0 Å². The van der Waals surface area contributed by atoms with Crippen LogP contribution in [0.25, 0.3) is 10.4 Å². The zero-order chi connectivity index (χ0) is 14.4. The van der Waals surface area contributed by atoms with Gasteiger partial charge < -0.3 is 10.6 Å². The Morgan fingerprint density at radius 3 is 2.52 bits per heavy atom. The Morgan fingerprint density at radius 2 is 1.86 bits per heavy atom. The Hall–Kier alpha value is -1.43. The maximum Gasteiger partial charge on any atom is 0.261 e. The minimum Gasteiger partial charge on any atom is -0.351 e. The summed E-state index contributed by atoms with van der Waals surface area (Å²) in [4.78, 5) is 13.6. The standard InChI is InChI=1S/C15H17FN2OS.ClH/c1-17-9-2-10-18-15(19)14-8-7-13(20-14)11-3-5-12(16)6-4-11;/h3-8,17H,2,9-10H2,1H3,(H,18,19);1H. The summed E-state index contributed by atoms with van der Waals surface area (Å²) in [6.45, 7) is 1.54. The number of halogens is 2. The molecular formula is C15H18ClFN2OS. The summed E-state index contributed by atoms with van der Waals surface area (Å²) in [5.41, 5.74) is 0.922. The van der Waals surface area contributed by atoms with Crippen molar-refractivity contribution in [2.75, 3.05) is 20.1 Å². The first-order valence-corrected chi connectivity index (χ1v) is 7.31. The van der Waals surface area contributed by atoms with Crippen LogP contribution in [0.4, 0.5) is 4.39 Å². The lowest BCUT2D eigenvalue weighted by Gasteiger charge is -2.02. The SMILES string of the molecule is CNCCCNC(=O)c1ccc(-c2ccc(F)cc2)s1.Cl. The number of hydrogen-bond donors (Lipinski definition) is 2. The summed E-state index contributed by atoms with van der Waals surface area (Å²) in [6, 6.07) is 9.97. The van der Waals surface area contributed by atoms with Crippen molar-refractivity contribution in [3.8, 4) is 10.4 Å². The lowest BCUT2D eigenvalue weighted by molar-refractivity contribution is 0.0957. The molecule has 0 atom stereocenters. The van der Waals surface area contributed by atoms with Crippen LogP contribution < -0.4 is 10.6 Å². The van der Waals surface area contributed by atoms with Crippen LogP contribution in [-0.4, -0.2) is 26.0 Å². The van der Waals surface area contributed by atoms with E-state index in [0.717, 1.165) is 23.4 Å². The average molecular weight is 329 g/mol. The van der Waals surface area contributed by atoms with E-state index in [1.807, 2.05) is 13.1 Å². The number of rotatable bonds is 6. The Bertz CT molecular complexity index is 571. The third-order valence-electron chi connectivity index (χ3n) is 2.85. The quantitative estimate of drug-likeness (QED) is 0.799. The summed E-state index contributed by atoms with van der Waals surface area (Å²) in [6.07, 6.45) is 0.901. The Morgan fingerprint density at radius 1 is 1.14 bits per heavy atom. The second kappa shape index (κ2) is 8.77. The van der Waals surface area contributed by atoms with Crippen LogP contribution in [0.2, 0.25) is 0 Å². The molecule has 0 aliphatic heterocycles. The predicted octanol–water partition coefficient (Wildman–Crippen LogP) is 3.32. The van der Waals surface area contributed by atoms with E-state index < -0.39 is 0 Å². The van der Waals surface area contributed by atoms with Crippen LogP contribution in [0.1, 0.15) is 16.1 Å². The first-order valence-electron chi connectivity index (χ1n) is 6.49. The van der Waals surface area contributed by atoms with Gasteiger partial charge in [-0.05, 0) is 49.8 Å². The fraction of sp³-hybridized carbons (Fsp3) is 0.267. The van der Waals surface area contributed by atoms with Gasteiger partial charge in [0, 0.05) is 11.4 Å². The number of thiophene rings is 1. The molecule has 1 aromatic carbocycles. The van der Waals surface area contributed by atoms with Gasteiger partial charge in [0.1, 0.15) is 5.82 Å². The number of carbonyl (C=O) groups is 1.